The quantitative estimate of drug-likeness (QED) is 0.573. The van der Waals surface area contributed by atoms with Crippen LogP contribution in [0.5, 0.6) is 0 Å². The predicted octanol–water partition coefficient (Wildman–Crippen LogP) is 2.08. The summed E-state index contributed by atoms with van der Waals surface area (Å²) >= 11 is 0. The molecule has 144 valence electrons. The molecule has 1 aromatic heterocycles. The number of hydrogen-bond donors (Lipinski definition) is 4. The third kappa shape index (κ3) is 4.83. The molecular weight excluding hydrogens is 322 g/mol. The van der Waals surface area contributed by atoms with E-state index >= 15 is 0 Å². The molecule has 2 bridgehead atoms. The van der Waals surface area contributed by atoms with E-state index in [1.807, 2.05) is 0 Å². The van der Waals surface area contributed by atoms with Crippen molar-refractivity contribution in [2.45, 2.75) is 88.6 Å². The Labute approximate surface area is 158 Å². The summed E-state index contributed by atoms with van der Waals surface area (Å²) in [5.74, 6) is 0. The number of rotatable bonds is 0. The smallest absolute Gasteiger partial charge is 0.0545 e. The zero-order valence-electron chi connectivity index (χ0n) is 16.0. The first-order valence-electron chi connectivity index (χ1n) is 10.8. The van der Waals surface area contributed by atoms with E-state index in [-0.39, 0.29) is 0 Å². The molecule has 1 aliphatic heterocycles. The van der Waals surface area contributed by atoms with Gasteiger partial charge in [-0.05, 0) is 37.8 Å². The molecule has 0 spiro atoms. The molecule has 3 aliphatic rings. The molecule has 2 fully saturated rings. The zero-order chi connectivity index (χ0) is 17.6. The van der Waals surface area contributed by atoms with Crippen molar-refractivity contribution < 1.29 is 0 Å². The monoisotopic (exact) mass is 357 g/mol. The SMILES string of the molecule is c1cc2nc(c1)CN[C@H]1CCCCC1NCCN[C@H]1CCCCC1NC2. The molecule has 4 N–H and O–H groups in total. The lowest BCUT2D eigenvalue weighted by Crippen LogP contribution is -2.53. The maximum absolute atomic E-state index is 4.89. The first-order chi connectivity index (χ1) is 12.9. The van der Waals surface area contributed by atoms with Crippen molar-refractivity contribution in [3.63, 3.8) is 0 Å². The number of fused-ring (bicyclic) bond motifs is 4. The molecule has 0 radical (unpaired) electrons. The first kappa shape index (κ1) is 18.4. The number of aromatic nitrogens is 1. The van der Waals surface area contributed by atoms with Crippen molar-refractivity contribution in [1.29, 1.82) is 0 Å². The summed E-state index contributed by atoms with van der Waals surface area (Å²) < 4.78 is 0. The fourth-order valence-corrected chi connectivity index (χ4v) is 4.95. The van der Waals surface area contributed by atoms with Gasteiger partial charge in [0.2, 0.25) is 0 Å². The van der Waals surface area contributed by atoms with Crippen molar-refractivity contribution in [3.8, 4) is 0 Å². The Bertz CT molecular complexity index is 518. The molecule has 2 aliphatic carbocycles. The summed E-state index contributed by atoms with van der Waals surface area (Å²) in [7, 11) is 0. The molecule has 4 atom stereocenters. The molecule has 1 aromatic rings. The molecule has 0 amide bonds. The zero-order valence-corrected chi connectivity index (χ0v) is 16.0. The average Bonchev–Trinajstić information content (AvgIpc) is 2.69. The Kier molecular flexibility index (Phi) is 6.54. The van der Waals surface area contributed by atoms with Crippen LogP contribution in [0.4, 0.5) is 0 Å². The lowest BCUT2D eigenvalue weighted by molar-refractivity contribution is 0.266. The summed E-state index contributed by atoms with van der Waals surface area (Å²) in [4.78, 5) is 4.89. The van der Waals surface area contributed by atoms with E-state index in [1.54, 1.807) is 0 Å². The van der Waals surface area contributed by atoms with Crippen LogP contribution in [0.3, 0.4) is 0 Å². The first-order valence-corrected chi connectivity index (χ1v) is 10.8. The van der Waals surface area contributed by atoms with Gasteiger partial charge in [0.1, 0.15) is 0 Å². The van der Waals surface area contributed by atoms with Gasteiger partial charge < -0.3 is 21.3 Å². The van der Waals surface area contributed by atoms with Crippen LogP contribution >= 0.6 is 0 Å². The van der Waals surface area contributed by atoms with Crippen molar-refractivity contribution in [2.75, 3.05) is 13.1 Å². The molecular formula is C21H35N5. The summed E-state index contributed by atoms with van der Waals surface area (Å²) in [6.45, 7) is 3.89. The lowest BCUT2D eigenvalue weighted by atomic mass is 9.89. The fraction of sp³-hybridized carbons (Fsp3) is 0.762. The second-order valence-corrected chi connectivity index (χ2v) is 8.29. The Morgan fingerprint density at radius 2 is 1.04 bits per heavy atom. The number of nitrogens with zero attached hydrogens (tertiary/aromatic N) is 1. The molecule has 2 unspecified atom stereocenters. The molecule has 26 heavy (non-hydrogen) atoms. The molecule has 2 heterocycles. The van der Waals surface area contributed by atoms with Gasteiger partial charge in [-0.15, -0.1) is 0 Å². The fourth-order valence-electron chi connectivity index (χ4n) is 4.95. The third-order valence-corrected chi connectivity index (χ3v) is 6.43. The highest BCUT2D eigenvalue weighted by Crippen LogP contribution is 2.20. The molecule has 0 aromatic carbocycles. The Morgan fingerprint density at radius 3 is 1.50 bits per heavy atom. The minimum Gasteiger partial charge on any atom is -0.311 e. The largest absolute Gasteiger partial charge is 0.311 e. The minimum atomic E-state index is 0.569. The van der Waals surface area contributed by atoms with Crippen LogP contribution in [-0.4, -0.2) is 42.2 Å². The minimum absolute atomic E-state index is 0.569. The number of nitrogens with one attached hydrogen (secondary N) is 4. The molecule has 5 heteroatoms. The van der Waals surface area contributed by atoms with E-state index in [1.165, 1.54) is 62.8 Å². The van der Waals surface area contributed by atoms with Crippen molar-refractivity contribution in [3.05, 3.63) is 29.6 Å². The van der Waals surface area contributed by atoms with Crippen LogP contribution in [0.2, 0.25) is 0 Å². The van der Waals surface area contributed by atoms with Crippen molar-refractivity contribution in [2.24, 2.45) is 0 Å². The van der Waals surface area contributed by atoms with Gasteiger partial charge in [0.15, 0.2) is 0 Å². The summed E-state index contributed by atoms with van der Waals surface area (Å²) in [6.07, 6.45) is 10.5. The summed E-state index contributed by atoms with van der Waals surface area (Å²) in [5, 5.41) is 15.2. The number of pyridine rings is 1. The third-order valence-electron chi connectivity index (χ3n) is 6.43. The topological polar surface area (TPSA) is 61.0 Å². The second-order valence-electron chi connectivity index (χ2n) is 8.29. The predicted molar refractivity (Wildman–Crippen MR) is 106 cm³/mol. The molecule has 5 nitrogen and oxygen atoms in total. The van der Waals surface area contributed by atoms with Gasteiger partial charge in [-0.25, -0.2) is 0 Å². The van der Waals surface area contributed by atoms with E-state index in [2.05, 4.69) is 39.5 Å². The standard InChI is InChI=1S/C21H35N5/c1-3-10-20-18(8-1)22-12-13-23-19-9-2-4-11-21(19)25-15-17-7-5-6-16(26-17)14-24-20/h5-7,18-25H,1-4,8-15H2/t18-,19?,20?,21-/m0/s1. The van der Waals surface area contributed by atoms with Gasteiger partial charge >= 0.3 is 0 Å². The van der Waals surface area contributed by atoms with E-state index in [9.17, 15) is 0 Å². The maximum atomic E-state index is 4.89. The molecule has 4 rings (SSSR count). The Morgan fingerprint density at radius 1 is 0.615 bits per heavy atom. The molecule has 2 saturated carbocycles. The van der Waals surface area contributed by atoms with Gasteiger partial charge in [-0.3, -0.25) is 4.98 Å². The highest BCUT2D eigenvalue weighted by Gasteiger charge is 2.26. The molecule has 0 saturated heterocycles. The van der Waals surface area contributed by atoms with Gasteiger partial charge in [0, 0.05) is 50.3 Å². The van der Waals surface area contributed by atoms with Gasteiger partial charge in [-0.2, -0.15) is 0 Å². The van der Waals surface area contributed by atoms with Crippen LogP contribution in [0.25, 0.3) is 0 Å². The Hall–Kier alpha value is -1.01. The maximum Gasteiger partial charge on any atom is 0.0545 e. The van der Waals surface area contributed by atoms with Crippen LogP contribution in [0.1, 0.15) is 62.8 Å². The van der Waals surface area contributed by atoms with Crippen LogP contribution in [0, 0.1) is 0 Å². The van der Waals surface area contributed by atoms with Crippen LogP contribution in [0.15, 0.2) is 18.2 Å². The van der Waals surface area contributed by atoms with Gasteiger partial charge in [0.25, 0.3) is 0 Å². The normalized spacial score (nSPS) is 34.0. The van der Waals surface area contributed by atoms with Crippen molar-refractivity contribution in [1.82, 2.24) is 26.3 Å². The highest BCUT2D eigenvalue weighted by molar-refractivity contribution is 5.12. The van der Waals surface area contributed by atoms with E-state index in [0.717, 1.165) is 26.2 Å². The van der Waals surface area contributed by atoms with Gasteiger partial charge in [0.05, 0.1) is 11.4 Å². The van der Waals surface area contributed by atoms with Crippen molar-refractivity contribution >= 4 is 0 Å². The summed E-state index contributed by atoms with van der Waals surface area (Å²) in [5.41, 5.74) is 2.34. The lowest BCUT2D eigenvalue weighted by Gasteiger charge is -2.34. The van der Waals surface area contributed by atoms with Gasteiger partial charge in [-0.1, -0.05) is 31.7 Å². The average molecular weight is 358 g/mol. The van der Waals surface area contributed by atoms with E-state index in [0.29, 0.717) is 24.2 Å². The highest BCUT2D eigenvalue weighted by atomic mass is 15.1. The van der Waals surface area contributed by atoms with E-state index < -0.39 is 0 Å². The number of hydrogen-bond acceptors (Lipinski definition) is 5. The Balaban J connectivity index is 1.47. The summed E-state index contributed by atoms with van der Waals surface area (Å²) in [6, 6.07) is 8.81. The van der Waals surface area contributed by atoms with E-state index in [4.69, 9.17) is 4.98 Å². The van der Waals surface area contributed by atoms with Crippen LogP contribution < -0.4 is 21.3 Å². The van der Waals surface area contributed by atoms with Crippen LogP contribution in [-0.2, 0) is 13.1 Å². The second kappa shape index (κ2) is 9.27.